The highest BCUT2D eigenvalue weighted by Gasteiger charge is 2.25. The molecule has 2 heterocycles. The zero-order valence-corrected chi connectivity index (χ0v) is 24.3. The standard InChI is InChI=1S/C34H36FN3O5/c1-2-41-19-7-18-37(34(40)28-13-16-31-32(20-28)43-25-42-31)24-33(39)38(22-26-8-4-3-5-9-26)23-30-10-6-17-36(30)21-27-11-14-29(35)15-12-27/h3-6,8-17,20H,2,7,18-19,21-25H2,1H3. The Hall–Kier alpha value is -4.63. The molecule has 4 aromatic rings. The lowest BCUT2D eigenvalue weighted by Crippen LogP contribution is -2.43. The highest BCUT2D eigenvalue weighted by molar-refractivity contribution is 5.97. The van der Waals surface area contributed by atoms with Gasteiger partial charge in [-0.25, -0.2) is 4.39 Å². The molecule has 0 N–H and O–H groups in total. The molecule has 5 rings (SSSR count). The van der Waals surface area contributed by atoms with Gasteiger partial charge in [0, 0.05) is 50.3 Å². The number of nitrogens with zero attached hydrogens (tertiary/aromatic N) is 3. The van der Waals surface area contributed by atoms with Crippen molar-refractivity contribution in [3.8, 4) is 11.5 Å². The molecule has 0 atom stereocenters. The molecule has 0 unspecified atom stereocenters. The summed E-state index contributed by atoms with van der Waals surface area (Å²) < 4.78 is 31.9. The van der Waals surface area contributed by atoms with Gasteiger partial charge in [0.05, 0.1) is 6.54 Å². The van der Waals surface area contributed by atoms with Crippen LogP contribution in [0, 0.1) is 5.82 Å². The molecule has 8 nitrogen and oxygen atoms in total. The van der Waals surface area contributed by atoms with Crippen molar-refractivity contribution in [3.05, 3.63) is 119 Å². The average molecular weight is 586 g/mol. The maximum atomic E-state index is 14.0. The third-order valence-electron chi connectivity index (χ3n) is 7.27. The normalized spacial score (nSPS) is 11.9. The molecule has 9 heteroatoms. The van der Waals surface area contributed by atoms with Crippen LogP contribution in [0.5, 0.6) is 11.5 Å². The van der Waals surface area contributed by atoms with Gasteiger partial charge in [-0.2, -0.15) is 0 Å². The molecule has 1 aromatic heterocycles. The Morgan fingerprint density at radius 2 is 1.67 bits per heavy atom. The Kier molecular flexibility index (Phi) is 10.1. The van der Waals surface area contributed by atoms with Crippen LogP contribution in [-0.4, -0.2) is 59.3 Å². The van der Waals surface area contributed by atoms with Crippen LogP contribution in [0.4, 0.5) is 4.39 Å². The van der Waals surface area contributed by atoms with E-state index in [1.807, 2.05) is 55.6 Å². The molecule has 0 spiro atoms. The molecule has 2 amide bonds. The Morgan fingerprint density at radius 1 is 0.884 bits per heavy atom. The summed E-state index contributed by atoms with van der Waals surface area (Å²) >= 11 is 0. The van der Waals surface area contributed by atoms with Crippen molar-refractivity contribution >= 4 is 11.8 Å². The van der Waals surface area contributed by atoms with Crippen LogP contribution in [0.15, 0.2) is 91.1 Å². The van der Waals surface area contributed by atoms with Gasteiger partial charge >= 0.3 is 0 Å². The first-order valence-electron chi connectivity index (χ1n) is 14.5. The first-order chi connectivity index (χ1) is 21.0. The summed E-state index contributed by atoms with van der Waals surface area (Å²) in [5.74, 6) is 0.385. The van der Waals surface area contributed by atoms with Crippen molar-refractivity contribution in [1.82, 2.24) is 14.4 Å². The van der Waals surface area contributed by atoms with Gasteiger partial charge < -0.3 is 28.6 Å². The average Bonchev–Trinajstić information content (AvgIpc) is 3.68. The fraction of sp³-hybridized carbons (Fsp3) is 0.294. The molecule has 0 bridgehead atoms. The van der Waals surface area contributed by atoms with Gasteiger partial charge in [0.25, 0.3) is 5.91 Å². The predicted octanol–water partition coefficient (Wildman–Crippen LogP) is 5.50. The number of fused-ring (bicyclic) bond motifs is 1. The number of hydrogen-bond acceptors (Lipinski definition) is 5. The Bertz CT molecular complexity index is 1510. The minimum Gasteiger partial charge on any atom is -0.454 e. The van der Waals surface area contributed by atoms with Crippen LogP contribution in [0.1, 0.15) is 40.5 Å². The molecular formula is C34H36FN3O5. The van der Waals surface area contributed by atoms with Crippen LogP contribution in [0.3, 0.4) is 0 Å². The minimum absolute atomic E-state index is 0.0924. The van der Waals surface area contributed by atoms with E-state index in [4.69, 9.17) is 14.2 Å². The quantitative estimate of drug-likeness (QED) is 0.183. The number of aromatic nitrogens is 1. The lowest BCUT2D eigenvalue weighted by atomic mass is 10.1. The van der Waals surface area contributed by atoms with Crippen molar-refractivity contribution in [3.63, 3.8) is 0 Å². The number of rotatable bonds is 14. The lowest BCUT2D eigenvalue weighted by Gasteiger charge is -2.28. The summed E-state index contributed by atoms with van der Waals surface area (Å²) in [5, 5.41) is 0. The second kappa shape index (κ2) is 14.5. The van der Waals surface area contributed by atoms with E-state index < -0.39 is 0 Å². The minimum atomic E-state index is -0.280. The highest BCUT2D eigenvalue weighted by atomic mass is 19.1. The van der Waals surface area contributed by atoms with Crippen LogP contribution in [0.2, 0.25) is 0 Å². The molecule has 3 aromatic carbocycles. The summed E-state index contributed by atoms with van der Waals surface area (Å²) in [5.41, 5.74) is 3.29. The number of carbonyl (C=O) groups excluding carboxylic acids is 2. The van der Waals surface area contributed by atoms with Gasteiger partial charge in [-0.3, -0.25) is 9.59 Å². The number of amides is 2. The summed E-state index contributed by atoms with van der Waals surface area (Å²) in [4.78, 5) is 31.1. The maximum Gasteiger partial charge on any atom is 0.254 e. The molecular weight excluding hydrogens is 549 g/mol. The van der Waals surface area contributed by atoms with E-state index in [2.05, 4.69) is 4.57 Å². The van der Waals surface area contributed by atoms with E-state index in [-0.39, 0.29) is 31.0 Å². The van der Waals surface area contributed by atoms with E-state index in [1.165, 1.54) is 12.1 Å². The van der Waals surface area contributed by atoms with Gasteiger partial charge in [0.1, 0.15) is 12.4 Å². The van der Waals surface area contributed by atoms with E-state index in [1.54, 1.807) is 40.1 Å². The number of carbonyl (C=O) groups is 2. The van der Waals surface area contributed by atoms with Crippen molar-refractivity contribution in [2.45, 2.75) is 33.0 Å². The monoisotopic (exact) mass is 585 g/mol. The number of benzene rings is 3. The third-order valence-corrected chi connectivity index (χ3v) is 7.27. The van der Waals surface area contributed by atoms with Crippen LogP contribution in [-0.2, 0) is 29.2 Å². The van der Waals surface area contributed by atoms with E-state index in [0.717, 1.165) is 16.8 Å². The number of ether oxygens (including phenoxy) is 3. The summed E-state index contributed by atoms with van der Waals surface area (Å²) in [6, 6.07) is 25.2. The smallest absolute Gasteiger partial charge is 0.254 e. The zero-order chi connectivity index (χ0) is 30.0. The van der Waals surface area contributed by atoms with Gasteiger partial charge in [0.15, 0.2) is 11.5 Å². The molecule has 0 saturated heterocycles. The lowest BCUT2D eigenvalue weighted by molar-refractivity contribution is -0.133. The molecule has 1 aliphatic heterocycles. The third kappa shape index (κ3) is 8.02. The molecule has 43 heavy (non-hydrogen) atoms. The fourth-order valence-electron chi connectivity index (χ4n) is 5.00. The Labute approximate surface area is 251 Å². The van der Waals surface area contributed by atoms with Gasteiger partial charge in [0.2, 0.25) is 12.7 Å². The van der Waals surface area contributed by atoms with Crippen LogP contribution in [0.25, 0.3) is 0 Å². The van der Waals surface area contributed by atoms with Crippen LogP contribution < -0.4 is 9.47 Å². The summed E-state index contributed by atoms with van der Waals surface area (Å²) in [6.07, 6.45) is 2.55. The molecule has 224 valence electrons. The van der Waals surface area contributed by atoms with Crippen molar-refractivity contribution < 1.29 is 28.2 Å². The Morgan fingerprint density at radius 3 is 2.47 bits per heavy atom. The van der Waals surface area contributed by atoms with Crippen molar-refractivity contribution in [2.75, 3.05) is 33.1 Å². The topological polar surface area (TPSA) is 73.2 Å². The predicted molar refractivity (Wildman–Crippen MR) is 160 cm³/mol. The number of halogens is 1. The van der Waals surface area contributed by atoms with Gasteiger partial charge in [-0.05, 0) is 66.9 Å². The van der Waals surface area contributed by atoms with Crippen LogP contribution >= 0.6 is 0 Å². The second-order valence-electron chi connectivity index (χ2n) is 10.3. The first kappa shape index (κ1) is 29.8. The Balaban J connectivity index is 1.36. The van der Waals surface area contributed by atoms with Crippen molar-refractivity contribution in [1.29, 1.82) is 0 Å². The largest absolute Gasteiger partial charge is 0.454 e. The second-order valence-corrected chi connectivity index (χ2v) is 10.3. The SMILES string of the molecule is CCOCCCN(CC(=O)N(Cc1ccccc1)Cc1cccn1Cc1ccc(F)cc1)C(=O)c1ccc2c(c1)OCO2. The van der Waals surface area contributed by atoms with Gasteiger partial charge in [-0.15, -0.1) is 0 Å². The molecule has 0 radical (unpaired) electrons. The van der Waals surface area contributed by atoms with Gasteiger partial charge in [-0.1, -0.05) is 42.5 Å². The highest BCUT2D eigenvalue weighted by Crippen LogP contribution is 2.33. The van der Waals surface area contributed by atoms with Crippen molar-refractivity contribution in [2.24, 2.45) is 0 Å². The molecule has 0 fully saturated rings. The maximum absolute atomic E-state index is 14.0. The first-order valence-corrected chi connectivity index (χ1v) is 14.5. The van der Waals surface area contributed by atoms with E-state index in [9.17, 15) is 14.0 Å². The van der Waals surface area contributed by atoms with E-state index >= 15 is 0 Å². The fourth-order valence-corrected chi connectivity index (χ4v) is 5.00. The van der Waals surface area contributed by atoms with E-state index in [0.29, 0.717) is 62.9 Å². The zero-order valence-electron chi connectivity index (χ0n) is 24.3. The number of hydrogen-bond donors (Lipinski definition) is 0. The summed E-state index contributed by atoms with van der Waals surface area (Å²) in [7, 11) is 0. The summed E-state index contributed by atoms with van der Waals surface area (Å²) in [6.45, 7) is 4.64. The molecule has 1 aliphatic rings. The molecule has 0 aliphatic carbocycles. The molecule has 0 saturated carbocycles.